The first-order valence-electron chi connectivity index (χ1n) is 6.18. The molecule has 1 aromatic heterocycles. The predicted molar refractivity (Wildman–Crippen MR) is 72.5 cm³/mol. The molecule has 0 radical (unpaired) electrons. The third-order valence-corrected chi connectivity index (χ3v) is 3.28. The summed E-state index contributed by atoms with van der Waals surface area (Å²) in [5, 5.41) is 6.64. The first kappa shape index (κ1) is 11.7. The Morgan fingerprint density at radius 1 is 1.26 bits per heavy atom. The Balaban J connectivity index is 1.98. The quantitative estimate of drug-likeness (QED) is 0.834. The fourth-order valence-corrected chi connectivity index (χ4v) is 2.28. The maximum absolute atomic E-state index is 12.4. The van der Waals surface area contributed by atoms with Gasteiger partial charge in [0.2, 0.25) is 5.82 Å². The Labute approximate surface area is 111 Å². The number of hydrogen-bond acceptors (Lipinski definition) is 4. The average Bonchev–Trinajstić information content (AvgIpc) is 2.86. The number of hydrogen-bond donors (Lipinski definition) is 1. The molecule has 6 heteroatoms. The van der Waals surface area contributed by atoms with E-state index in [-0.39, 0.29) is 11.7 Å². The van der Waals surface area contributed by atoms with Crippen molar-refractivity contribution >= 4 is 17.3 Å². The van der Waals surface area contributed by atoms with Crippen LogP contribution in [0, 0.1) is 6.92 Å². The van der Waals surface area contributed by atoms with Gasteiger partial charge >= 0.3 is 0 Å². The van der Waals surface area contributed by atoms with Gasteiger partial charge in [0.05, 0.1) is 11.4 Å². The highest BCUT2D eigenvalue weighted by molar-refractivity contribution is 6.06. The largest absolute Gasteiger partial charge is 0.371 e. The molecule has 0 saturated carbocycles. The Kier molecular flexibility index (Phi) is 2.70. The fraction of sp³-hybridized carbons (Fsp3) is 0.308. The number of nitrogens with zero attached hydrogens (tertiary/aromatic N) is 4. The standard InChI is InChI=1S/C13H15N5O/c1-9-14-12(16-15-9)13(19)18-8-7-17(2)10-5-3-4-6-11(10)18/h3-6H,7-8H2,1-2H3,(H,14,15,16). The van der Waals surface area contributed by atoms with Crippen LogP contribution in [0.3, 0.4) is 0 Å². The topological polar surface area (TPSA) is 65.1 Å². The zero-order chi connectivity index (χ0) is 13.4. The minimum atomic E-state index is -0.162. The number of carbonyl (C=O) groups is 1. The molecule has 1 aromatic carbocycles. The number of benzene rings is 1. The van der Waals surface area contributed by atoms with E-state index in [1.165, 1.54) is 0 Å². The van der Waals surface area contributed by atoms with Crippen LogP contribution in [0.25, 0.3) is 0 Å². The summed E-state index contributed by atoms with van der Waals surface area (Å²) in [5.74, 6) is 0.701. The number of amides is 1. The summed E-state index contributed by atoms with van der Waals surface area (Å²) in [7, 11) is 2.03. The van der Waals surface area contributed by atoms with Gasteiger partial charge in [-0.05, 0) is 19.1 Å². The van der Waals surface area contributed by atoms with Crippen molar-refractivity contribution in [3.8, 4) is 0 Å². The molecule has 1 aliphatic heterocycles. The van der Waals surface area contributed by atoms with E-state index in [0.29, 0.717) is 12.4 Å². The third-order valence-electron chi connectivity index (χ3n) is 3.28. The second kappa shape index (κ2) is 4.38. The molecule has 1 amide bonds. The van der Waals surface area contributed by atoms with E-state index >= 15 is 0 Å². The molecule has 98 valence electrons. The van der Waals surface area contributed by atoms with E-state index in [0.717, 1.165) is 17.9 Å². The summed E-state index contributed by atoms with van der Waals surface area (Å²) in [6, 6.07) is 7.86. The molecule has 0 fully saturated rings. The number of carbonyl (C=O) groups excluding carboxylic acids is 1. The molecule has 6 nitrogen and oxygen atoms in total. The van der Waals surface area contributed by atoms with Crippen molar-refractivity contribution in [2.75, 3.05) is 29.9 Å². The predicted octanol–water partition coefficient (Wildman–Crippen LogP) is 1.21. The highest BCUT2D eigenvalue weighted by atomic mass is 16.2. The molecule has 0 atom stereocenters. The van der Waals surface area contributed by atoms with Crippen LogP contribution in [0.4, 0.5) is 11.4 Å². The lowest BCUT2D eigenvalue weighted by Crippen LogP contribution is -2.43. The highest BCUT2D eigenvalue weighted by Crippen LogP contribution is 2.32. The minimum Gasteiger partial charge on any atom is -0.371 e. The van der Waals surface area contributed by atoms with Gasteiger partial charge in [-0.3, -0.25) is 9.89 Å². The normalized spacial score (nSPS) is 14.4. The van der Waals surface area contributed by atoms with Gasteiger partial charge in [0.15, 0.2) is 0 Å². The molecular weight excluding hydrogens is 242 g/mol. The van der Waals surface area contributed by atoms with E-state index in [1.807, 2.05) is 31.3 Å². The van der Waals surface area contributed by atoms with Crippen molar-refractivity contribution < 1.29 is 4.79 Å². The van der Waals surface area contributed by atoms with Crippen molar-refractivity contribution in [1.29, 1.82) is 0 Å². The van der Waals surface area contributed by atoms with E-state index in [2.05, 4.69) is 20.1 Å². The smallest absolute Gasteiger partial charge is 0.298 e. The molecule has 19 heavy (non-hydrogen) atoms. The summed E-state index contributed by atoms with van der Waals surface area (Å²) in [4.78, 5) is 20.4. The zero-order valence-electron chi connectivity index (χ0n) is 10.9. The van der Waals surface area contributed by atoms with Crippen molar-refractivity contribution in [2.24, 2.45) is 0 Å². The molecule has 0 spiro atoms. The molecular formula is C13H15N5O. The van der Waals surface area contributed by atoms with Crippen molar-refractivity contribution in [3.05, 3.63) is 35.9 Å². The number of aromatic amines is 1. The summed E-state index contributed by atoms with van der Waals surface area (Å²) in [6.45, 7) is 3.22. The van der Waals surface area contributed by atoms with Crippen LogP contribution in [0.5, 0.6) is 0 Å². The molecule has 0 bridgehead atoms. The Morgan fingerprint density at radius 3 is 2.68 bits per heavy atom. The Morgan fingerprint density at radius 2 is 2.00 bits per heavy atom. The van der Waals surface area contributed by atoms with Crippen LogP contribution in [0.15, 0.2) is 24.3 Å². The molecule has 0 unspecified atom stereocenters. The Hall–Kier alpha value is -2.37. The van der Waals surface area contributed by atoms with Gasteiger partial charge in [-0.2, -0.15) is 0 Å². The van der Waals surface area contributed by atoms with E-state index in [9.17, 15) is 4.79 Å². The highest BCUT2D eigenvalue weighted by Gasteiger charge is 2.27. The molecule has 2 aromatic rings. The summed E-state index contributed by atoms with van der Waals surface area (Å²) in [5.41, 5.74) is 1.96. The Bertz CT molecular complexity index is 621. The SMILES string of the molecule is Cc1nc(C(=O)N2CCN(C)c3ccccc32)n[nH]1. The number of nitrogens with one attached hydrogen (secondary N) is 1. The summed E-state index contributed by atoms with van der Waals surface area (Å²) < 4.78 is 0. The molecule has 3 rings (SSSR count). The van der Waals surface area contributed by atoms with Crippen molar-refractivity contribution in [2.45, 2.75) is 6.92 Å². The molecule has 1 aliphatic rings. The van der Waals surface area contributed by atoms with Crippen LogP contribution in [-0.4, -0.2) is 41.2 Å². The average molecular weight is 257 g/mol. The number of aryl methyl sites for hydroxylation is 1. The molecule has 0 aliphatic carbocycles. The molecule has 2 heterocycles. The third kappa shape index (κ3) is 1.95. The molecule has 1 N–H and O–H groups in total. The lowest BCUT2D eigenvalue weighted by Gasteiger charge is -2.35. The zero-order valence-corrected chi connectivity index (χ0v) is 10.9. The monoisotopic (exact) mass is 257 g/mol. The van der Waals surface area contributed by atoms with Crippen molar-refractivity contribution in [3.63, 3.8) is 0 Å². The van der Waals surface area contributed by atoms with Gasteiger partial charge in [-0.1, -0.05) is 12.1 Å². The lowest BCUT2D eigenvalue weighted by molar-refractivity contribution is 0.0977. The number of aromatic nitrogens is 3. The van der Waals surface area contributed by atoms with Gasteiger partial charge < -0.3 is 9.80 Å². The van der Waals surface area contributed by atoms with E-state index < -0.39 is 0 Å². The summed E-state index contributed by atoms with van der Waals surface area (Å²) >= 11 is 0. The summed E-state index contributed by atoms with van der Waals surface area (Å²) in [6.07, 6.45) is 0. The van der Waals surface area contributed by atoms with Gasteiger partial charge in [0.1, 0.15) is 5.82 Å². The first-order valence-corrected chi connectivity index (χ1v) is 6.18. The van der Waals surface area contributed by atoms with Crippen LogP contribution in [-0.2, 0) is 0 Å². The van der Waals surface area contributed by atoms with E-state index in [4.69, 9.17) is 0 Å². The number of para-hydroxylation sites is 2. The van der Waals surface area contributed by atoms with Crippen LogP contribution >= 0.6 is 0 Å². The lowest BCUT2D eigenvalue weighted by atomic mass is 10.1. The second-order valence-corrected chi connectivity index (χ2v) is 4.61. The number of H-pyrrole nitrogens is 1. The minimum absolute atomic E-state index is 0.162. The number of rotatable bonds is 1. The number of likely N-dealkylation sites (N-methyl/N-ethyl adjacent to an activating group) is 1. The molecule has 0 saturated heterocycles. The van der Waals surface area contributed by atoms with Gasteiger partial charge in [0, 0.05) is 20.1 Å². The second-order valence-electron chi connectivity index (χ2n) is 4.61. The first-order chi connectivity index (χ1) is 9.16. The fourth-order valence-electron chi connectivity index (χ4n) is 2.28. The van der Waals surface area contributed by atoms with Gasteiger partial charge in [0.25, 0.3) is 5.91 Å². The number of fused-ring (bicyclic) bond motifs is 1. The van der Waals surface area contributed by atoms with Crippen LogP contribution in [0.1, 0.15) is 16.4 Å². The van der Waals surface area contributed by atoms with Crippen LogP contribution in [0.2, 0.25) is 0 Å². The van der Waals surface area contributed by atoms with Crippen molar-refractivity contribution in [1.82, 2.24) is 15.2 Å². The van der Waals surface area contributed by atoms with Gasteiger partial charge in [-0.25, -0.2) is 4.98 Å². The number of anilines is 2. The van der Waals surface area contributed by atoms with Crippen LogP contribution < -0.4 is 9.80 Å². The van der Waals surface area contributed by atoms with Gasteiger partial charge in [-0.15, -0.1) is 5.10 Å². The van der Waals surface area contributed by atoms with E-state index in [1.54, 1.807) is 11.8 Å². The maximum atomic E-state index is 12.4. The maximum Gasteiger partial charge on any atom is 0.298 e.